The van der Waals surface area contributed by atoms with E-state index in [1.807, 2.05) is 0 Å². The largest absolute Gasteiger partial charge is 0.366 e. The summed E-state index contributed by atoms with van der Waals surface area (Å²) in [5.74, 6) is -4.26. The van der Waals surface area contributed by atoms with Gasteiger partial charge in [-0.05, 0) is 12.1 Å². The van der Waals surface area contributed by atoms with E-state index in [4.69, 9.17) is 5.73 Å². The molecule has 0 unspecified atom stereocenters. The first-order valence-corrected chi connectivity index (χ1v) is 4.18. The summed E-state index contributed by atoms with van der Waals surface area (Å²) in [6.07, 6.45) is 1.17. The molecule has 0 aliphatic carbocycles. The SMILES string of the molecule is Nc1nncc(-c2cc(F)c(F)c(F)c2)n1. The first-order chi connectivity index (χ1) is 7.58. The fraction of sp³-hybridized carbons (Fsp3) is 0. The Labute approximate surface area is 88.0 Å². The zero-order valence-corrected chi connectivity index (χ0v) is 7.78. The molecule has 4 nitrogen and oxygen atoms in total. The number of nitrogen functional groups attached to an aromatic ring is 1. The minimum atomic E-state index is -1.53. The third-order valence-electron chi connectivity index (χ3n) is 1.85. The molecule has 0 bridgehead atoms. The maximum Gasteiger partial charge on any atom is 0.240 e. The van der Waals surface area contributed by atoms with Gasteiger partial charge in [-0.25, -0.2) is 18.2 Å². The molecule has 2 rings (SSSR count). The van der Waals surface area contributed by atoms with Crippen molar-refractivity contribution >= 4 is 5.95 Å². The van der Waals surface area contributed by atoms with Crippen LogP contribution >= 0.6 is 0 Å². The summed E-state index contributed by atoms with van der Waals surface area (Å²) in [5.41, 5.74) is 5.41. The number of nitrogens with zero attached hydrogens (tertiary/aromatic N) is 3. The molecule has 82 valence electrons. The van der Waals surface area contributed by atoms with Crippen molar-refractivity contribution < 1.29 is 13.2 Å². The van der Waals surface area contributed by atoms with E-state index >= 15 is 0 Å². The van der Waals surface area contributed by atoms with E-state index in [9.17, 15) is 13.2 Å². The molecule has 2 N–H and O–H groups in total. The van der Waals surface area contributed by atoms with E-state index in [1.54, 1.807) is 0 Å². The van der Waals surface area contributed by atoms with Gasteiger partial charge >= 0.3 is 0 Å². The Kier molecular flexibility index (Phi) is 2.43. The fourth-order valence-corrected chi connectivity index (χ4v) is 1.16. The molecule has 1 aromatic heterocycles. The molecular formula is C9H5F3N4. The lowest BCUT2D eigenvalue weighted by molar-refractivity contribution is 0.447. The molecular weight excluding hydrogens is 221 g/mol. The third kappa shape index (κ3) is 1.79. The highest BCUT2D eigenvalue weighted by molar-refractivity contribution is 5.58. The van der Waals surface area contributed by atoms with Crippen LogP contribution in [0.5, 0.6) is 0 Å². The Morgan fingerprint density at radius 3 is 2.25 bits per heavy atom. The zero-order valence-electron chi connectivity index (χ0n) is 7.78. The van der Waals surface area contributed by atoms with Gasteiger partial charge in [0.2, 0.25) is 5.95 Å². The fourth-order valence-electron chi connectivity index (χ4n) is 1.16. The van der Waals surface area contributed by atoms with Crippen LogP contribution in [0.4, 0.5) is 19.1 Å². The molecule has 7 heteroatoms. The van der Waals surface area contributed by atoms with E-state index in [-0.39, 0.29) is 17.2 Å². The Balaban J connectivity index is 2.57. The highest BCUT2D eigenvalue weighted by Gasteiger charge is 2.12. The van der Waals surface area contributed by atoms with Gasteiger partial charge in [0.25, 0.3) is 0 Å². The summed E-state index contributed by atoms with van der Waals surface area (Å²) in [6.45, 7) is 0. The van der Waals surface area contributed by atoms with Crippen molar-refractivity contribution in [2.75, 3.05) is 5.73 Å². The molecule has 0 saturated carbocycles. The second kappa shape index (κ2) is 3.76. The van der Waals surface area contributed by atoms with Gasteiger partial charge in [0.15, 0.2) is 17.5 Å². The van der Waals surface area contributed by atoms with Gasteiger partial charge in [0, 0.05) is 5.56 Å². The van der Waals surface area contributed by atoms with Gasteiger partial charge in [-0.15, -0.1) is 5.10 Å². The lowest BCUT2D eigenvalue weighted by atomic mass is 10.1. The van der Waals surface area contributed by atoms with E-state index in [2.05, 4.69) is 15.2 Å². The molecule has 0 amide bonds. The van der Waals surface area contributed by atoms with Crippen LogP contribution in [0.2, 0.25) is 0 Å². The predicted molar refractivity (Wildman–Crippen MR) is 49.5 cm³/mol. The number of rotatable bonds is 1. The number of anilines is 1. The molecule has 0 aliphatic rings. The molecule has 0 radical (unpaired) electrons. The van der Waals surface area contributed by atoms with Crippen LogP contribution in [0.25, 0.3) is 11.3 Å². The number of nitrogens with two attached hydrogens (primary N) is 1. The Morgan fingerprint density at radius 2 is 1.69 bits per heavy atom. The molecule has 1 aromatic carbocycles. The van der Waals surface area contributed by atoms with E-state index in [0.29, 0.717) is 0 Å². The quantitative estimate of drug-likeness (QED) is 0.749. The lowest BCUT2D eigenvalue weighted by Crippen LogP contribution is -1.99. The summed E-state index contributed by atoms with van der Waals surface area (Å²) >= 11 is 0. The first-order valence-electron chi connectivity index (χ1n) is 4.18. The van der Waals surface area contributed by atoms with Crippen molar-refractivity contribution in [3.63, 3.8) is 0 Å². The first kappa shape index (κ1) is 10.3. The maximum absolute atomic E-state index is 12.9. The number of benzene rings is 1. The Hall–Kier alpha value is -2.18. The molecule has 0 atom stereocenters. The summed E-state index contributed by atoms with van der Waals surface area (Å²) in [7, 11) is 0. The van der Waals surface area contributed by atoms with Crippen molar-refractivity contribution in [2.24, 2.45) is 0 Å². The van der Waals surface area contributed by atoms with Gasteiger partial charge < -0.3 is 5.73 Å². The van der Waals surface area contributed by atoms with Gasteiger partial charge in [0.1, 0.15) is 0 Å². The van der Waals surface area contributed by atoms with Crippen LogP contribution in [0.3, 0.4) is 0 Å². The van der Waals surface area contributed by atoms with Crippen LogP contribution in [-0.2, 0) is 0 Å². The summed E-state index contributed by atoms with van der Waals surface area (Å²) in [4.78, 5) is 3.70. The molecule has 16 heavy (non-hydrogen) atoms. The van der Waals surface area contributed by atoms with Crippen LogP contribution in [0.15, 0.2) is 18.3 Å². The minimum absolute atomic E-state index is 0.0398. The smallest absolute Gasteiger partial charge is 0.240 e. The number of aromatic nitrogens is 3. The highest BCUT2D eigenvalue weighted by Crippen LogP contribution is 2.21. The molecule has 0 spiro atoms. The molecule has 0 aliphatic heterocycles. The Morgan fingerprint density at radius 1 is 1.06 bits per heavy atom. The molecule has 0 saturated heterocycles. The summed E-state index contributed by atoms with van der Waals surface area (Å²) in [5, 5.41) is 6.85. The Bertz CT molecular complexity index is 521. The van der Waals surface area contributed by atoms with E-state index in [1.165, 1.54) is 6.20 Å². The average Bonchev–Trinajstić information content (AvgIpc) is 2.25. The number of hydrogen-bond donors (Lipinski definition) is 1. The average molecular weight is 226 g/mol. The second-order valence-corrected chi connectivity index (χ2v) is 2.95. The van der Waals surface area contributed by atoms with Gasteiger partial charge in [-0.3, -0.25) is 0 Å². The topological polar surface area (TPSA) is 64.7 Å². The van der Waals surface area contributed by atoms with Crippen molar-refractivity contribution in [3.8, 4) is 11.3 Å². The minimum Gasteiger partial charge on any atom is -0.366 e. The summed E-state index contributed by atoms with van der Waals surface area (Å²) < 4.78 is 38.5. The highest BCUT2D eigenvalue weighted by atomic mass is 19.2. The second-order valence-electron chi connectivity index (χ2n) is 2.95. The van der Waals surface area contributed by atoms with Gasteiger partial charge in [-0.2, -0.15) is 5.10 Å². The van der Waals surface area contributed by atoms with Crippen LogP contribution in [-0.4, -0.2) is 15.2 Å². The predicted octanol–water partition coefficient (Wildman–Crippen LogP) is 1.54. The van der Waals surface area contributed by atoms with Crippen LogP contribution in [0, 0.1) is 17.5 Å². The van der Waals surface area contributed by atoms with Gasteiger partial charge in [-0.1, -0.05) is 0 Å². The van der Waals surface area contributed by atoms with Crippen LogP contribution < -0.4 is 5.73 Å². The number of halogens is 3. The van der Waals surface area contributed by atoms with Crippen molar-refractivity contribution in [1.29, 1.82) is 0 Å². The van der Waals surface area contributed by atoms with Crippen LogP contribution in [0.1, 0.15) is 0 Å². The van der Waals surface area contributed by atoms with Crippen molar-refractivity contribution in [2.45, 2.75) is 0 Å². The maximum atomic E-state index is 12.9. The zero-order chi connectivity index (χ0) is 11.7. The molecule has 1 heterocycles. The van der Waals surface area contributed by atoms with Crippen molar-refractivity contribution in [3.05, 3.63) is 35.8 Å². The third-order valence-corrected chi connectivity index (χ3v) is 1.85. The van der Waals surface area contributed by atoms with Gasteiger partial charge in [0.05, 0.1) is 11.9 Å². The van der Waals surface area contributed by atoms with E-state index < -0.39 is 17.5 Å². The van der Waals surface area contributed by atoms with E-state index in [0.717, 1.165) is 12.1 Å². The number of hydrogen-bond acceptors (Lipinski definition) is 4. The normalized spacial score (nSPS) is 10.4. The molecule has 2 aromatic rings. The lowest BCUT2D eigenvalue weighted by Gasteiger charge is -2.02. The summed E-state index contributed by atoms with van der Waals surface area (Å²) in [6, 6.07) is 1.61. The monoisotopic (exact) mass is 226 g/mol. The molecule has 0 fully saturated rings. The standard InChI is InChI=1S/C9H5F3N4/c10-5-1-4(2-6(11)8(5)12)7-3-14-16-9(13)15-7/h1-3H,(H2,13,15,16). The van der Waals surface area contributed by atoms with Crippen molar-refractivity contribution in [1.82, 2.24) is 15.2 Å².